The van der Waals surface area contributed by atoms with Crippen LogP contribution in [0.2, 0.25) is 0 Å². The molecule has 1 atom stereocenters. The summed E-state index contributed by atoms with van der Waals surface area (Å²) in [6.45, 7) is 8.10. The number of alkyl halides is 2. The summed E-state index contributed by atoms with van der Waals surface area (Å²) in [7, 11) is -0.979. The van der Waals surface area contributed by atoms with Gasteiger partial charge in [-0.1, -0.05) is 12.1 Å². The zero-order chi connectivity index (χ0) is 21.2. The molecule has 0 amide bonds. The van der Waals surface area contributed by atoms with Crippen molar-refractivity contribution in [3.8, 4) is 11.5 Å². The third-order valence-corrected chi connectivity index (χ3v) is 5.52. The topological polar surface area (TPSA) is 72.0 Å². The average Bonchev–Trinajstić information content (AvgIpc) is 2.60. The second kappa shape index (κ2) is 11.8. The first kappa shape index (κ1) is 24.1. The van der Waals surface area contributed by atoms with Crippen molar-refractivity contribution in [3.63, 3.8) is 0 Å². The molecule has 0 aliphatic heterocycles. The molecule has 1 unspecified atom stereocenters. The smallest absolute Gasteiger partial charge is 0.387 e. The van der Waals surface area contributed by atoms with E-state index in [0.717, 1.165) is 0 Å². The van der Waals surface area contributed by atoms with Crippen LogP contribution in [0.4, 0.5) is 8.78 Å². The lowest BCUT2D eigenvalue weighted by molar-refractivity contribution is -0.0520. The largest absolute Gasteiger partial charge is 0.490 e. The molecule has 0 saturated heterocycles. The average molecular weight is 420 g/mol. The van der Waals surface area contributed by atoms with Crippen molar-refractivity contribution in [1.82, 2.24) is 10.6 Å². The van der Waals surface area contributed by atoms with Gasteiger partial charge in [-0.25, -0.2) is 4.99 Å². The second-order valence-corrected chi connectivity index (χ2v) is 9.16. The fourth-order valence-electron chi connectivity index (χ4n) is 2.25. The normalized spacial score (nSPS) is 13.4. The van der Waals surface area contributed by atoms with Gasteiger partial charge in [-0.05, 0) is 40.7 Å². The SMILES string of the molecule is CCNC(=NCc1cccc(OCC)c1OC(F)F)NCCS(=O)C(C)(C)C. The molecular formula is C19H31F2N3O3S. The van der Waals surface area contributed by atoms with E-state index in [2.05, 4.69) is 20.4 Å². The number of rotatable bonds is 10. The Kier molecular flexibility index (Phi) is 10.2. The summed E-state index contributed by atoms with van der Waals surface area (Å²) in [5, 5.41) is 6.20. The monoisotopic (exact) mass is 419 g/mol. The minimum Gasteiger partial charge on any atom is -0.490 e. The molecule has 0 spiro atoms. The van der Waals surface area contributed by atoms with E-state index in [1.165, 1.54) is 0 Å². The summed E-state index contributed by atoms with van der Waals surface area (Å²) in [5.74, 6) is 1.24. The van der Waals surface area contributed by atoms with E-state index in [9.17, 15) is 13.0 Å². The van der Waals surface area contributed by atoms with E-state index in [4.69, 9.17) is 4.74 Å². The first-order valence-corrected chi connectivity index (χ1v) is 10.6. The van der Waals surface area contributed by atoms with Crippen molar-refractivity contribution in [2.45, 2.75) is 52.5 Å². The molecule has 0 saturated carbocycles. The quantitative estimate of drug-likeness (QED) is 0.450. The van der Waals surface area contributed by atoms with Crippen LogP contribution in [0.5, 0.6) is 11.5 Å². The highest BCUT2D eigenvalue weighted by molar-refractivity contribution is 7.86. The predicted octanol–water partition coefficient (Wildman–Crippen LogP) is 3.29. The van der Waals surface area contributed by atoms with Gasteiger partial charge in [0.25, 0.3) is 0 Å². The van der Waals surface area contributed by atoms with Gasteiger partial charge in [0.05, 0.1) is 13.2 Å². The molecule has 1 aromatic carbocycles. The Morgan fingerprint density at radius 3 is 2.54 bits per heavy atom. The maximum atomic E-state index is 12.8. The number of para-hydroxylation sites is 1. The first-order chi connectivity index (χ1) is 13.2. The number of hydrogen-bond donors (Lipinski definition) is 2. The van der Waals surface area contributed by atoms with Gasteiger partial charge in [0.15, 0.2) is 17.5 Å². The number of guanidine groups is 1. The Morgan fingerprint density at radius 1 is 1.25 bits per heavy atom. The van der Waals surface area contributed by atoms with Gasteiger partial charge in [-0.15, -0.1) is 0 Å². The Bertz CT molecular complexity index is 664. The summed E-state index contributed by atoms with van der Waals surface area (Å²) in [6.07, 6.45) is 0. The molecule has 0 aromatic heterocycles. The van der Waals surface area contributed by atoms with Crippen molar-refractivity contribution in [2.24, 2.45) is 4.99 Å². The van der Waals surface area contributed by atoms with Crippen LogP contribution in [0, 0.1) is 0 Å². The van der Waals surface area contributed by atoms with Crippen LogP contribution in [-0.4, -0.2) is 47.0 Å². The summed E-state index contributed by atoms with van der Waals surface area (Å²) in [5.41, 5.74) is 0.488. The fraction of sp³-hybridized carbons (Fsp3) is 0.632. The Balaban J connectivity index is 2.88. The van der Waals surface area contributed by atoms with E-state index in [0.29, 0.717) is 37.0 Å². The summed E-state index contributed by atoms with van der Waals surface area (Å²) in [4.78, 5) is 4.43. The zero-order valence-electron chi connectivity index (χ0n) is 17.2. The van der Waals surface area contributed by atoms with Gasteiger partial charge in [-0.3, -0.25) is 4.21 Å². The number of hydrogen-bond acceptors (Lipinski definition) is 4. The van der Waals surface area contributed by atoms with Gasteiger partial charge in [0.2, 0.25) is 0 Å². The van der Waals surface area contributed by atoms with Crippen molar-refractivity contribution in [2.75, 3.05) is 25.4 Å². The van der Waals surface area contributed by atoms with Gasteiger partial charge < -0.3 is 20.1 Å². The number of aliphatic imine (C=N–C) groups is 1. The third kappa shape index (κ3) is 8.41. The molecule has 2 N–H and O–H groups in total. The van der Waals surface area contributed by atoms with Gasteiger partial charge >= 0.3 is 6.61 Å². The van der Waals surface area contributed by atoms with Gasteiger partial charge in [0, 0.05) is 40.0 Å². The van der Waals surface area contributed by atoms with E-state index in [-0.39, 0.29) is 22.8 Å². The van der Waals surface area contributed by atoms with Crippen LogP contribution >= 0.6 is 0 Å². The summed E-state index contributed by atoms with van der Waals surface area (Å²) in [6, 6.07) is 4.96. The molecule has 1 rings (SSSR count). The van der Waals surface area contributed by atoms with Crippen LogP contribution in [0.3, 0.4) is 0 Å². The van der Waals surface area contributed by atoms with E-state index in [1.807, 2.05) is 27.7 Å². The van der Waals surface area contributed by atoms with Crippen LogP contribution in [0.15, 0.2) is 23.2 Å². The minimum absolute atomic E-state index is 0.00668. The Hall–Kier alpha value is -1.90. The number of ether oxygens (including phenoxy) is 2. The summed E-state index contributed by atoms with van der Waals surface area (Å²) >= 11 is 0. The molecule has 0 heterocycles. The van der Waals surface area contributed by atoms with E-state index in [1.54, 1.807) is 25.1 Å². The molecule has 0 aliphatic carbocycles. The number of benzene rings is 1. The number of nitrogens with one attached hydrogen (secondary N) is 2. The molecule has 0 fully saturated rings. The van der Waals surface area contributed by atoms with Crippen LogP contribution in [0.1, 0.15) is 40.2 Å². The predicted molar refractivity (Wildman–Crippen MR) is 110 cm³/mol. The number of halogens is 2. The fourth-order valence-corrected chi connectivity index (χ4v) is 3.15. The van der Waals surface area contributed by atoms with Crippen molar-refractivity contribution >= 4 is 16.8 Å². The molecule has 0 radical (unpaired) electrons. The van der Waals surface area contributed by atoms with E-state index < -0.39 is 17.4 Å². The highest BCUT2D eigenvalue weighted by Gasteiger charge is 2.19. The standard InChI is InChI=1S/C19H31F2N3O3S/c1-6-22-18(23-11-12-28(25)19(3,4)5)24-13-14-9-8-10-15(26-7-2)16(14)27-17(20)21/h8-10,17H,6-7,11-13H2,1-5H3,(H2,22,23,24). The third-order valence-electron chi connectivity index (χ3n) is 3.58. The van der Waals surface area contributed by atoms with Crippen molar-refractivity contribution in [1.29, 1.82) is 0 Å². The lowest BCUT2D eigenvalue weighted by Crippen LogP contribution is -2.40. The van der Waals surface area contributed by atoms with Crippen molar-refractivity contribution in [3.05, 3.63) is 23.8 Å². The van der Waals surface area contributed by atoms with Gasteiger partial charge in [0.1, 0.15) is 0 Å². The maximum Gasteiger partial charge on any atom is 0.387 e. The second-order valence-electron chi connectivity index (χ2n) is 6.84. The molecule has 0 aliphatic rings. The van der Waals surface area contributed by atoms with E-state index >= 15 is 0 Å². The number of nitrogens with zero attached hydrogens (tertiary/aromatic N) is 1. The first-order valence-electron chi connectivity index (χ1n) is 9.29. The maximum absolute atomic E-state index is 12.8. The van der Waals surface area contributed by atoms with Crippen LogP contribution in [0.25, 0.3) is 0 Å². The molecular weight excluding hydrogens is 388 g/mol. The molecule has 9 heteroatoms. The molecule has 1 aromatic rings. The minimum atomic E-state index is -2.96. The molecule has 160 valence electrons. The van der Waals surface area contributed by atoms with Crippen LogP contribution in [-0.2, 0) is 17.3 Å². The highest BCUT2D eigenvalue weighted by Crippen LogP contribution is 2.33. The lowest BCUT2D eigenvalue weighted by atomic mass is 10.2. The Morgan fingerprint density at radius 2 is 1.96 bits per heavy atom. The molecule has 6 nitrogen and oxygen atoms in total. The molecule has 0 bridgehead atoms. The summed E-state index contributed by atoms with van der Waals surface area (Å²) < 4.78 is 47.5. The highest BCUT2D eigenvalue weighted by atomic mass is 32.2. The zero-order valence-corrected chi connectivity index (χ0v) is 18.0. The molecule has 28 heavy (non-hydrogen) atoms. The lowest BCUT2D eigenvalue weighted by Gasteiger charge is -2.18. The van der Waals surface area contributed by atoms with Gasteiger partial charge in [-0.2, -0.15) is 8.78 Å². The van der Waals surface area contributed by atoms with Crippen molar-refractivity contribution < 1.29 is 22.5 Å². The Labute approximate surface area is 168 Å². The van der Waals surface area contributed by atoms with Crippen LogP contribution < -0.4 is 20.1 Å².